The number of amides is 4. The largest absolute Gasteiger partial charge is 0.497 e. The SMILES string of the molecule is COc1ccc2nc(COc3ccc(CC4SC(=O)NC4=O)cc3)n(C)c2c1.COc1ccc2nc(COc3ccc(CC4SC(=O)NC4=O)cc3)n(C)c2c1.Cl. The maximum Gasteiger partial charge on any atom is 0.286 e. The molecule has 0 aliphatic carbocycles. The van der Waals surface area contributed by atoms with Gasteiger partial charge in [-0.25, -0.2) is 9.97 Å². The monoisotopic (exact) mass is 830 g/mol. The Kier molecular flexibility index (Phi) is 13.0. The van der Waals surface area contributed by atoms with Gasteiger partial charge in [-0.3, -0.25) is 29.8 Å². The van der Waals surface area contributed by atoms with Gasteiger partial charge >= 0.3 is 0 Å². The summed E-state index contributed by atoms with van der Waals surface area (Å²) in [6.07, 6.45) is 1.02. The molecule has 296 valence electrons. The number of methoxy groups -OCH3 is 2. The third-order valence-electron chi connectivity index (χ3n) is 9.32. The second-order valence-corrected chi connectivity index (χ2v) is 15.3. The average Bonchev–Trinajstić information content (AvgIpc) is 3.91. The molecule has 17 heteroatoms. The fourth-order valence-electron chi connectivity index (χ4n) is 6.17. The molecular weight excluding hydrogens is 792 g/mol. The molecule has 4 heterocycles. The molecule has 2 unspecified atom stereocenters. The van der Waals surface area contributed by atoms with Crippen molar-refractivity contribution < 1.29 is 38.1 Å². The molecule has 14 nitrogen and oxygen atoms in total. The molecule has 0 radical (unpaired) electrons. The number of benzene rings is 4. The Balaban J connectivity index is 0.000000189. The molecule has 4 aromatic carbocycles. The lowest BCUT2D eigenvalue weighted by Crippen LogP contribution is -2.25. The van der Waals surface area contributed by atoms with E-state index in [1.54, 1.807) is 14.2 Å². The summed E-state index contributed by atoms with van der Waals surface area (Å²) in [5.74, 6) is 4.17. The number of hydrogen-bond donors (Lipinski definition) is 2. The Morgan fingerprint density at radius 1 is 0.579 bits per heavy atom. The van der Waals surface area contributed by atoms with E-state index in [2.05, 4.69) is 20.6 Å². The van der Waals surface area contributed by atoms with E-state index < -0.39 is 0 Å². The first-order valence-electron chi connectivity index (χ1n) is 17.5. The number of thioether (sulfide) groups is 2. The molecule has 2 N–H and O–H groups in total. The number of rotatable bonds is 12. The Bertz CT molecular complexity index is 2270. The van der Waals surface area contributed by atoms with E-state index in [0.29, 0.717) is 37.6 Å². The summed E-state index contributed by atoms with van der Waals surface area (Å²) in [7, 11) is 7.17. The van der Waals surface area contributed by atoms with Crippen molar-refractivity contribution in [2.24, 2.45) is 14.1 Å². The van der Waals surface area contributed by atoms with Crippen LogP contribution in [0.4, 0.5) is 9.59 Å². The Hall–Kier alpha value is -5.71. The third kappa shape index (κ3) is 9.64. The molecule has 2 fully saturated rings. The fraction of sp³-hybridized carbons (Fsp3) is 0.250. The van der Waals surface area contributed by atoms with Gasteiger partial charge in [-0.15, -0.1) is 12.4 Å². The molecule has 0 saturated carbocycles. The quantitative estimate of drug-likeness (QED) is 0.137. The summed E-state index contributed by atoms with van der Waals surface area (Å²) in [5, 5.41) is 3.31. The molecule has 2 aromatic heterocycles. The van der Waals surface area contributed by atoms with Gasteiger partial charge in [0.2, 0.25) is 11.8 Å². The molecule has 2 saturated heterocycles. The molecule has 2 atom stereocenters. The van der Waals surface area contributed by atoms with Gasteiger partial charge in [0, 0.05) is 26.2 Å². The van der Waals surface area contributed by atoms with Crippen LogP contribution in [-0.4, -0.2) is 66.1 Å². The number of fused-ring (bicyclic) bond motifs is 2. The summed E-state index contributed by atoms with van der Waals surface area (Å²) in [5.41, 5.74) is 5.69. The minimum Gasteiger partial charge on any atom is -0.497 e. The summed E-state index contributed by atoms with van der Waals surface area (Å²) in [6, 6.07) is 26.6. The molecule has 2 aliphatic rings. The standard InChI is InChI=1S/2C20H19N3O4S.ClH/c2*1-23-16-10-14(26-2)7-8-15(16)21-18(23)11-27-13-5-3-12(4-6-13)9-17-19(24)22-20(25)28-17;/h2*3-8,10,17H,9,11H2,1-2H3,(H,22,24,25);1H. The second-order valence-electron chi connectivity index (χ2n) is 12.9. The van der Waals surface area contributed by atoms with E-state index >= 15 is 0 Å². The molecule has 0 spiro atoms. The summed E-state index contributed by atoms with van der Waals surface area (Å²) in [4.78, 5) is 55.1. The van der Waals surface area contributed by atoms with Crippen LogP contribution in [0.25, 0.3) is 22.1 Å². The van der Waals surface area contributed by atoms with E-state index in [9.17, 15) is 19.2 Å². The predicted molar refractivity (Wildman–Crippen MR) is 221 cm³/mol. The maximum atomic E-state index is 11.7. The fourth-order valence-corrected chi connectivity index (χ4v) is 7.89. The van der Waals surface area contributed by atoms with Gasteiger partial charge in [0.25, 0.3) is 10.5 Å². The van der Waals surface area contributed by atoms with Crippen molar-refractivity contribution in [2.45, 2.75) is 36.6 Å². The topological polar surface area (TPSA) is 165 Å². The summed E-state index contributed by atoms with van der Waals surface area (Å²) < 4.78 is 26.2. The van der Waals surface area contributed by atoms with Gasteiger partial charge in [-0.1, -0.05) is 47.8 Å². The number of hydrogen-bond acceptors (Lipinski definition) is 12. The first-order valence-corrected chi connectivity index (χ1v) is 19.3. The van der Waals surface area contributed by atoms with Gasteiger partial charge in [-0.05, 0) is 72.5 Å². The van der Waals surface area contributed by atoms with Crippen LogP contribution in [0.3, 0.4) is 0 Å². The number of ether oxygens (including phenoxy) is 4. The molecule has 6 aromatic rings. The lowest BCUT2D eigenvalue weighted by molar-refractivity contribution is -0.119. The number of halogens is 1. The average molecular weight is 831 g/mol. The Morgan fingerprint density at radius 2 is 0.947 bits per heavy atom. The van der Waals surface area contributed by atoms with Crippen molar-refractivity contribution in [3.05, 3.63) is 108 Å². The van der Waals surface area contributed by atoms with Crippen LogP contribution in [0.2, 0.25) is 0 Å². The molecule has 4 amide bonds. The summed E-state index contributed by atoms with van der Waals surface area (Å²) in [6.45, 7) is 0.671. The van der Waals surface area contributed by atoms with Gasteiger partial charge in [0.15, 0.2) is 0 Å². The number of imidazole rings is 2. The summed E-state index contributed by atoms with van der Waals surface area (Å²) >= 11 is 2.07. The maximum absolute atomic E-state index is 11.7. The number of nitrogens with one attached hydrogen (secondary N) is 2. The van der Waals surface area contributed by atoms with E-state index in [1.807, 2.05) is 108 Å². The highest BCUT2D eigenvalue weighted by molar-refractivity contribution is 8.15. The number of aryl methyl sites for hydroxylation is 2. The highest BCUT2D eigenvalue weighted by Gasteiger charge is 2.32. The number of carbonyl (C=O) groups is 4. The van der Waals surface area contributed by atoms with Crippen LogP contribution in [0.5, 0.6) is 23.0 Å². The van der Waals surface area contributed by atoms with E-state index in [1.165, 1.54) is 0 Å². The zero-order valence-corrected chi connectivity index (χ0v) is 33.8. The highest BCUT2D eigenvalue weighted by atomic mass is 35.5. The van der Waals surface area contributed by atoms with Crippen LogP contribution < -0.4 is 29.6 Å². The van der Waals surface area contributed by atoms with E-state index in [4.69, 9.17) is 18.9 Å². The smallest absolute Gasteiger partial charge is 0.286 e. The van der Waals surface area contributed by atoms with Crippen LogP contribution >= 0.6 is 35.9 Å². The Labute approximate surface area is 342 Å². The zero-order chi connectivity index (χ0) is 39.3. The molecular formula is C40H39ClN6O8S2. The van der Waals surface area contributed by atoms with Gasteiger partial charge < -0.3 is 28.1 Å². The van der Waals surface area contributed by atoms with Crippen LogP contribution in [0, 0.1) is 0 Å². The van der Waals surface area contributed by atoms with Crippen molar-refractivity contribution in [1.82, 2.24) is 29.7 Å². The van der Waals surface area contributed by atoms with E-state index in [-0.39, 0.29) is 45.2 Å². The zero-order valence-electron chi connectivity index (χ0n) is 31.3. The lowest BCUT2D eigenvalue weighted by Gasteiger charge is -2.09. The van der Waals surface area contributed by atoms with Crippen molar-refractivity contribution in [3.63, 3.8) is 0 Å². The Morgan fingerprint density at radius 3 is 1.28 bits per heavy atom. The predicted octanol–water partition coefficient (Wildman–Crippen LogP) is 6.53. The molecule has 57 heavy (non-hydrogen) atoms. The third-order valence-corrected chi connectivity index (χ3v) is 11.3. The first kappa shape index (κ1) is 40.9. The van der Waals surface area contributed by atoms with Crippen LogP contribution in [0.1, 0.15) is 22.8 Å². The van der Waals surface area contributed by atoms with Crippen molar-refractivity contribution >= 4 is 80.3 Å². The number of carbonyl (C=O) groups excluding carboxylic acids is 4. The minimum absolute atomic E-state index is 0. The number of aromatic nitrogens is 4. The normalized spacial score (nSPS) is 16.1. The minimum atomic E-state index is -0.365. The van der Waals surface area contributed by atoms with Gasteiger partial charge in [-0.2, -0.15) is 0 Å². The van der Waals surface area contributed by atoms with Crippen LogP contribution in [-0.2, 0) is 49.7 Å². The molecule has 2 aliphatic heterocycles. The van der Waals surface area contributed by atoms with Crippen molar-refractivity contribution in [2.75, 3.05) is 14.2 Å². The van der Waals surface area contributed by atoms with Crippen molar-refractivity contribution in [3.8, 4) is 23.0 Å². The number of imide groups is 2. The number of nitrogens with zero attached hydrogens (tertiary/aromatic N) is 4. The van der Waals surface area contributed by atoms with Gasteiger partial charge in [0.1, 0.15) is 47.9 Å². The first-order chi connectivity index (χ1) is 27.1. The lowest BCUT2D eigenvalue weighted by atomic mass is 10.1. The molecule has 8 rings (SSSR count). The van der Waals surface area contributed by atoms with Crippen LogP contribution in [0.15, 0.2) is 84.9 Å². The molecule has 0 bridgehead atoms. The van der Waals surface area contributed by atoms with Gasteiger partial charge in [0.05, 0.1) is 46.8 Å². The van der Waals surface area contributed by atoms with E-state index in [0.717, 1.165) is 79.9 Å². The van der Waals surface area contributed by atoms with Crippen molar-refractivity contribution in [1.29, 1.82) is 0 Å². The highest BCUT2D eigenvalue weighted by Crippen LogP contribution is 2.27. The second kappa shape index (κ2) is 18.0.